The highest BCUT2D eigenvalue weighted by molar-refractivity contribution is 5.64. The van der Waals surface area contributed by atoms with Crippen LogP contribution in [0.2, 0.25) is 0 Å². The molecule has 4 nitrogen and oxygen atoms in total. The number of ether oxygens (including phenoxy) is 1. The van der Waals surface area contributed by atoms with E-state index in [1.165, 1.54) is 5.56 Å². The number of nitrogens with zero attached hydrogens (tertiary/aromatic N) is 2. The molecular formula is C26H24N2O2. The summed E-state index contributed by atoms with van der Waals surface area (Å²) in [7, 11) is 0. The number of benzene rings is 3. The molecule has 1 heterocycles. The van der Waals surface area contributed by atoms with E-state index in [0.717, 1.165) is 17.5 Å². The highest BCUT2D eigenvalue weighted by atomic mass is 16.5. The summed E-state index contributed by atoms with van der Waals surface area (Å²) in [6, 6.07) is 29.6. The van der Waals surface area contributed by atoms with Crippen molar-refractivity contribution in [3.8, 4) is 17.1 Å². The minimum atomic E-state index is -0.0497. The Kier molecular flexibility index (Phi) is 6.04. The molecule has 4 aromatic rings. The Hall–Kier alpha value is -3.66. The summed E-state index contributed by atoms with van der Waals surface area (Å²) in [6.07, 6.45) is 0.755. The van der Waals surface area contributed by atoms with Crippen LogP contribution in [0.5, 0.6) is 5.75 Å². The van der Waals surface area contributed by atoms with Crippen LogP contribution < -0.4 is 10.3 Å². The van der Waals surface area contributed by atoms with Crippen molar-refractivity contribution in [2.24, 2.45) is 0 Å². The van der Waals surface area contributed by atoms with E-state index < -0.39 is 0 Å². The van der Waals surface area contributed by atoms with Crippen molar-refractivity contribution < 1.29 is 4.74 Å². The van der Waals surface area contributed by atoms with E-state index in [9.17, 15) is 4.79 Å². The lowest BCUT2D eigenvalue weighted by Crippen LogP contribution is -2.24. The molecule has 1 aromatic heterocycles. The molecule has 0 N–H and O–H groups in total. The van der Waals surface area contributed by atoms with Gasteiger partial charge in [0, 0.05) is 18.3 Å². The second-order valence-electron chi connectivity index (χ2n) is 7.22. The maximum absolute atomic E-state index is 12.8. The summed E-state index contributed by atoms with van der Waals surface area (Å²) in [5.41, 5.74) is 3.74. The lowest BCUT2D eigenvalue weighted by molar-refractivity contribution is 0.307. The van der Waals surface area contributed by atoms with Crippen LogP contribution in [0.15, 0.2) is 95.8 Å². The fourth-order valence-electron chi connectivity index (χ4n) is 3.44. The average molecular weight is 396 g/mol. The van der Waals surface area contributed by atoms with Crippen molar-refractivity contribution in [1.82, 2.24) is 9.55 Å². The van der Waals surface area contributed by atoms with Crippen LogP contribution in [-0.2, 0) is 19.6 Å². The Balaban J connectivity index is 1.67. The summed E-state index contributed by atoms with van der Waals surface area (Å²) >= 11 is 0. The lowest BCUT2D eigenvalue weighted by Gasteiger charge is -2.16. The fraction of sp³-hybridized carbons (Fsp3) is 0.154. The van der Waals surface area contributed by atoms with Crippen molar-refractivity contribution in [3.63, 3.8) is 0 Å². The molecule has 0 radical (unpaired) electrons. The smallest absolute Gasteiger partial charge is 0.253 e. The molecule has 150 valence electrons. The number of hydrogen-bond donors (Lipinski definition) is 0. The zero-order valence-electron chi connectivity index (χ0n) is 17.0. The van der Waals surface area contributed by atoms with Gasteiger partial charge in [-0.05, 0) is 36.6 Å². The summed E-state index contributed by atoms with van der Waals surface area (Å²) < 4.78 is 7.86. The number of hydrogen-bond acceptors (Lipinski definition) is 3. The first-order valence-corrected chi connectivity index (χ1v) is 10.1. The van der Waals surface area contributed by atoms with Gasteiger partial charge in [-0.25, -0.2) is 4.98 Å². The second kappa shape index (κ2) is 9.23. The van der Waals surface area contributed by atoms with Crippen molar-refractivity contribution in [2.45, 2.75) is 26.5 Å². The molecule has 3 aromatic carbocycles. The van der Waals surface area contributed by atoms with E-state index in [0.29, 0.717) is 30.4 Å². The van der Waals surface area contributed by atoms with Crippen molar-refractivity contribution >= 4 is 0 Å². The van der Waals surface area contributed by atoms with Crippen LogP contribution in [0, 0.1) is 6.92 Å². The molecular weight excluding hydrogens is 372 g/mol. The van der Waals surface area contributed by atoms with Crippen LogP contribution in [0.25, 0.3) is 11.4 Å². The predicted octanol–water partition coefficient (Wildman–Crippen LogP) is 5.04. The number of para-hydroxylation sites is 1. The van der Waals surface area contributed by atoms with E-state index in [1.54, 1.807) is 10.6 Å². The van der Waals surface area contributed by atoms with Crippen LogP contribution in [0.1, 0.15) is 16.8 Å². The fourth-order valence-corrected chi connectivity index (χ4v) is 3.44. The molecule has 0 amide bonds. The van der Waals surface area contributed by atoms with Gasteiger partial charge in [-0.15, -0.1) is 0 Å². The van der Waals surface area contributed by atoms with Gasteiger partial charge in [0.15, 0.2) is 0 Å². The first kappa shape index (κ1) is 19.6. The predicted molar refractivity (Wildman–Crippen MR) is 120 cm³/mol. The maximum atomic E-state index is 12.8. The summed E-state index contributed by atoms with van der Waals surface area (Å²) in [5, 5.41) is 0. The molecule has 4 rings (SSSR count). The molecule has 0 spiro atoms. The van der Waals surface area contributed by atoms with Gasteiger partial charge in [0.05, 0.1) is 5.56 Å². The standard InChI is InChI=1S/C26H24N2O2/c1-20-18-25(29)28(17-16-21-10-4-2-5-11-21)26(27-20)23-14-8-9-15-24(23)30-19-22-12-6-3-7-13-22/h2-15,18H,16-17,19H2,1H3. The molecule has 0 atom stereocenters. The van der Waals surface area contributed by atoms with Gasteiger partial charge < -0.3 is 4.74 Å². The van der Waals surface area contributed by atoms with Crippen LogP contribution in [0.3, 0.4) is 0 Å². The van der Waals surface area contributed by atoms with Gasteiger partial charge in [-0.2, -0.15) is 0 Å². The number of aryl methyl sites for hydroxylation is 2. The van der Waals surface area contributed by atoms with Crippen molar-refractivity contribution in [2.75, 3.05) is 0 Å². The minimum absolute atomic E-state index is 0.0497. The zero-order chi connectivity index (χ0) is 20.8. The highest BCUT2D eigenvalue weighted by Crippen LogP contribution is 2.29. The molecule has 0 fully saturated rings. The van der Waals surface area contributed by atoms with Crippen LogP contribution in [-0.4, -0.2) is 9.55 Å². The Labute approximate surface area is 176 Å². The Morgan fingerprint density at radius 3 is 2.20 bits per heavy atom. The monoisotopic (exact) mass is 396 g/mol. The molecule has 0 aliphatic heterocycles. The Bertz CT molecular complexity index is 1170. The van der Waals surface area contributed by atoms with Gasteiger partial charge in [-0.1, -0.05) is 72.8 Å². The molecule has 0 aliphatic rings. The van der Waals surface area contributed by atoms with Crippen LogP contribution >= 0.6 is 0 Å². The van der Waals surface area contributed by atoms with E-state index in [-0.39, 0.29) is 5.56 Å². The normalized spacial score (nSPS) is 10.7. The topological polar surface area (TPSA) is 44.1 Å². The Morgan fingerprint density at radius 1 is 0.833 bits per heavy atom. The summed E-state index contributed by atoms with van der Waals surface area (Å²) in [5.74, 6) is 1.35. The number of aromatic nitrogens is 2. The average Bonchev–Trinajstić information content (AvgIpc) is 2.78. The highest BCUT2D eigenvalue weighted by Gasteiger charge is 2.14. The van der Waals surface area contributed by atoms with E-state index >= 15 is 0 Å². The first-order valence-electron chi connectivity index (χ1n) is 10.1. The van der Waals surface area contributed by atoms with Gasteiger partial charge in [0.1, 0.15) is 18.2 Å². The molecule has 4 heteroatoms. The summed E-state index contributed by atoms with van der Waals surface area (Å²) in [6.45, 7) is 2.86. The van der Waals surface area contributed by atoms with Gasteiger partial charge >= 0.3 is 0 Å². The van der Waals surface area contributed by atoms with Gasteiger partial charge in [0.2, 0.25) is 0 Å². The van der Waals surface area contributed by atoms with E-state index in [4.69, 9.17) is 9.72 Å². The second-order valence-corrected chi connectivity index (χ2v) is 7.22. The van der Waals surface area contributed by atoms with Crippen LogP contribution in [0.4, 0.5) is 0 Å². The molecule has 0 unspecified atom stereocenters. The van der Waals surface area contributed by atoms with Gasteiger partial charge in [0.25, 0.3) is 5.56 Å². The third-order valence-corrected chi connectivity index (χ3v) is 4.97. The lowest BCUT2D eigenvalue weighted by atomic mass is 10.1. The van der Waals surface area contributed by atoms with Gasteiger partial charge in [-0.3, -0.25) is 9.36 Å². The van der Waals surface area contributed by atoms with Crippen molar-refractivity contribution in [3.05, 3.63) is 118 Å². The third-order valence-electron chi connectivity index (χ3n) is 4.97. The third kappa shape index (κ3) is 4.66. The SMILES string of the molecule is Cc1cc(=O)n(CCc2ccccc2)c(-c2ccccc2OCc2ccccc2)n1. The molecule has 30 heavy (non-hydrogen) atoms. The van der Waals surface area contributed by atoms with E-state index in [2.05, 4.69) is 12.1 Å². The minimum Gasteiger partial charge on any atom is -0.488 e. The summed E-state index contributed by atoms with van der Waals surface area (Å²) in [4.78, 5) is 17.5. The quantitative estimate of drug-likeness (QED) is 0.440. The molecule has 0 aliphatic carbocycles. The largest absolute Gasteiger partial charge is 0.488 e. The molecule has 0 saturated heterocycles. The number of rotatable bonds is 7. The van der Waals surface area contributed by atoms with E-state index in [1.807, 2.05) is 79.7 Å². The van der Waals surface area contributed by atoms with Crippen molar-refractivity contribution in [1.29, 1.82) is 0 Å². The zero-order valence-corrected chi connectivity index (χ0v) is 17.0. The Morgan fingerprint density at radius 2 is 1.47 bits per heavy atom. The first-order chi connectivity index (χ1) is 14.7. The molecule has 0 bridgehead atoms. The molecule has 0 saturated carbocycles. The maximum Gasteiger partial charge on any atom is 0.253 e.